The highest BCUT2D eigenvalue weighted by atomic mass is 32.1. The fourth-order valence-corrected chi connectivity index (χ4v) is 2.97. The fourth-order valence-electron chi connectivity index (χ4n) is 1.85. The maximum atomic E-state index is 5.44. The van der Waals surface area contributed by atoms with Gasteiger partial charge in [-0.2, -0.15) is 0 Å². The maximum Gasteiger partial charge on any atom is 0.0110 e. The second-order valence-electron chi connectivity index (χ2n) is 3.44. The van der Waals surface area contributed by atoms with Gasteiger partial charge in [-0.25, -0.2) is 0 Å². The van der Waals surface area contributed by atoms with Crippen LogP contribution in [-0.4, -0.2) is 6.54 Å². The van der Waals surface area contributed by atoms with Crippen molar-refractivity contribution in [2.45, 2.75) is 25.7 Å². The Hall–Kier alpha value is -0.600. The van der Waals surface area contributed by atoms with Crippen LogP contribution in [0.3, 0.4) is 0 Å². The van der Waals surface area contributed by atoms with Crippen molar-refractivity contribution >= 4 is 17.4 Å². The van der Waals surface area contributed by atoms with Gasteiger partial charge in [-0.05, 0) is 42.2 Å². The van der Waals surface area contributed by atoms with Crippen molar-refractivity contribution in [1.82, 2.24) is 0 Å². The van der Waals surface area contributed by atoms with Crippen LogP contribution in [0.25, 0.3) is 6.08 Å². The maximum absolute atomic E-state index is 5.44. The molecule has 0 bridgehead atoms. The SMILES string of the molecule is NC/C=C/c1csc2c1CCCC2. The van der Waals surface area contributed by atoms with Crippen LogP contribution in [0.15, 0.2) is 11.5 Å². The summed E-state index contributed by atoms with van der Waals surface area (Å²) in [5.74, 6) is 0. The van der Waals surface area contributed by atoms with Gasteiger partial charge in [-0.15, -0.1) is 11.3 Å². The Bertz CT molecular complexity index is 312. The largest absolute Gasteiger partial charge is 0.327 e. The molecule has 0 aromatic carbocycles. The zero-order valence-electron chi connectivity index (χ0n) is 7.75. The third-order valence-corrected chi connectivity index (χ3v) is 3.63. The van der Waals surface area contributed by atoms with Crippen LogP contribution in [0.4, 0.5) is 0 Å². The molecule has 2 N–H and O–H groups in total. The van der Waals surface area contributed by atoms with Gasteiger partial charge in [0.1, 0.15) is 0 Å². The van der Waals surface area contributed by atoms with Gasteiger partial charge < -0.3 is 5.73 Å². The van der Waals surface area contributed by atoms with E-state index < -0.39 is 0 Å². The molecule has 1 aromatic rings. The van der Waals surface area contributed by atoms with Gasteiger partial charge in [0.2, 0.25) is 0 Å². The molecule has 1 aliphatic rings. The van der Waals surface area contributed by atoms with Crippen molar-refractivity contribution < 1.29 is 0 Å². The number of nitrogens with two attached hydrogens (primary N) is 1. The first-order valence-corrected chi connectivity index (χ1v) is 5.75. The van der Waals surface area contributed by atoms with Gasteiger partial charge >= 0.3 is 0 Å². The topological polar surface area (TPSA) is 26.0 Å². The number of hydrogen-bond acceptors (Lipinski definition) is 2. The van der Waals surface area contributed by atoms with Crippen molar-refractivity contribution in [2.24, 2.45) is 5.73 Å². The number of rotatable bonds is 2. The first-order chi connectivity index (χ1) is 6.42. The predicted molar refractivity (Wildman–Crippen MR) is 59.0 cm³/mol. The van der Waals surface area contributed by atoms with Crippen molar-refractivity contribution in [3.05, 3.63) is 27.5 Å². The highest BCUT2D eigenvalue weighted by Gasteiger charge is 2.13. The van der Waals surface area contributed by atoms with E-state index in [4.69, 9.17) is 5.73 Å². The molecule has 0 aliphatic heterocycles. The molecule has 0 saturated carbocycles. The lowest BCUT2D eigenvalue weighted by molar-refractivity contribution is 0.696. The van der Waals surface area contributed by atoms with E-state index in [-0.39, 0.29) is 0 Å². The monoisotopic (exact) mass is 193 g/mol. The lowest BCUT2D eigenvalue weighted by Crippen LogP contribution is -1.99. The van der Waals surface area contributed by atoms with Gasteiger partial charge in [0, 0.05) is 11.4 Å². The molecular weight excluding hydrogens is 178 g/mol. The molecule has 0 unspecified atom stereocenters. The van der Waals surface area contributed by atoms with Gasteiger partial charge in [-0.3, -0.25) is 0 Å². The highest BCUT2D eigenvalue weighted by molar-refractivity contribution is 7.10. The van der Waals surface area contributed by atoms with E-state index in [1.807, 2.05) is 17.4 Å². The zero-order chi connectivity index (χ0) is 9.10. The Balaban J connectivity index is 2.26. The number of thiophene rings is 1. The summed E-state index contributed by atoms with van der Waals surface area (Å²) in [6, 6.07) is 0. The Morgan fingerprint density at radius 3 is 3.08 bits per heavy atom. The minimum atomic E-state index is 0.643. The molecule has 1 aliphatic carbocycles. The standard InChI is InChI=1S/C11H15NS/c12-7-3-4-9-8-13-11-6-2-1-5-10(9)11/h3-4,8H,1-2,5-7,12H2/b4-3+. The molecule has 0 amide bonds. The van der Waals surface area contributed by atoms with E-state index in [0.29, 0.717) is 6.54 Å². The zero-order valence-corrected chi connectivity index (χ0v) is 8.57. The van der Waals surface area contributed by atoms with E-state index in [9.17, 15) is 0 Å². The molecule has 0 saturated heterocycles. The summed E-state index contributed by atoms with van der Waals surface area (Å²) in [6.07, 6.45) is 9.48. The fraction of sp³-hybridized carbons (Fsp3) is 0.455. The first-order valence-electron chi connectivity index (χ1n) is 4.87. The van der Waals surface area contributed by atoms with Crippen LogP contribution in [0.2, 0.25) is 0 Å². The molecule has 0 spiro atoms. The molecule has 1 aromatic heterocycles. The Morgan fingerprint density at radius 1 is 1.38 bits per heavy atom. The lowest BCUT2D eigenvalue weighted by atomic mass is 9.96. The van der Waals surface area contributed by atoms with Crippen molar-refractivity contribution in [3.63, 3.8) is 0 Å². The summed E-state index contributed by atoms with van der Waals surface area (Å²) in [6.45, 7) is 0.643. The second-order valence-corrected chi connectivity index (χ2v) is 4.40. The van der Waals surface area contributed by atoms with E-state index in [1.54, 1.807) is 10.4 Å². The van der Waals surface area contributed by atoms with Gasteiger partial charge in [0.25, 0.3) is 0 Å². The highest BCUT2D eigenvalue weighted by Crippen LogP contribution is 2.30. The van der Waals surface area contributed by atoms with Gasteiger partial charge in [0.15, 0.2) is 0 Å². The second kappa shape index (κ2) is 4.07. The lowest BCUT2D eigenvalue weighted by Gasteiger charge is -2.10. The minimum absolute atomic E-state index is 0.643. The van der Waals surface area contributed by atoms with Crippen molar-refractivity contribution in [2.75, 3.05) is 6.54 Å². The molecule has 1 heterocycles. The predicted octanol–water partition coefficient (Wildman–Crippen LogP) is 2.60. The normalized spacial score (nSPS) is 16.4. The summed E-state index contributed by atoms with van der Waals surface area (Å²) < 4.78 is 0. The summed E-state index contributed by atoms with van der Waals surface area (Å²) in [5, 5.41) is 2.27. The molecule has 0 radical (unpaired) electrons. The molecule has 0 fully saturated rings. The Morgan fingerprint density at radius 2 is 2.23 bits per heavy atom. The first kappa shape index (κ1) is 8.97. The third kappa shape index (κ3) is 1.84. The average Bonchev–Trinajstić information content (AvgIpc) is 2.58. The van der Waals surface area contributed by atoms with Crippen LogP contribution in [0.5, 0.6) is 0 Å². The number of fused-ring (bicyclic) bond motifs is 1. The van der Waals surface area contributed by atoms with Gasteiger partial charge in [0.05, 0.1) is 0 Å². The molecule has 13 heavy (non-hydrogen) atoms. The summed E-state index contributed by atoms with van der Waals surface area (Å²) in [4.78, 5) is 1.60. The van der Waals surface area contributed by atoms with Crippen molar-refractivity contribution in [1.29, 1.82) is 0 Å². The van der Waals surface area contributed by atoms with E-state index in [0.717, 1.165) is 0 Å². The van der Waals surface area contributed by atoms with Crippen LogP contribution in [-0.2, 0) is 12.8 Å². The molecule has 2 heteroatoms. The summed E-state index contributed by atoms with van der Waals surface area (Å²) in [7, 11) is 0. The van der Waals surface area contributed by atoms with Gasteiger partial charge in [-0.1, -0.05) is 12.2 Å². The van der Waals surface area contributed by atoms with Crippen molar-refractivity contribution in [3.8, 4) is 0 Å². The van der Waals surface area contributed by atoms with E-state index in [2.05, 4.69) is 11.5 Å². The van der Waals surface area contributed by atoms with Crippen LogP contribution in [0.1, 0.15) is 28.8 Å². The molecule has 1 nitrogen and oxygen atoms in total. The van der Waals surface area contributed by atoms with Crippen LogP contribution < -0.4 is 5.73 Å². The van der Waals surface area contributed by atoms with Crippen LogP contribution in [0, 0.1) is 0 Å². The number of aryl methyl sites for hydroxylation is 1. The Kier molecular flexibility index (Phi) is 2.81. The van der Waals surface area contributed by atoms with E-state index >= 15 is 0 Å². The molecule has 70 valence electrons. The Labute approximate surface area is 83.3 Å². The van der Waals surface area contributed by atoms with Crippen LogP contribution >= 0.6 is 11.3 Å². The molecule has 0 atom stereocenters. The summed E-state index contributed by atoms with van der Waals surface area (Å²) in [5.41, 5.74) is 8.43. The number of hydrogen-bond donors (Lipinski definition) is 1. The smallest absolute Gasteiger partial charge is 0.0110 e. The quantitative estimate of drug-likeness (QED) is 0.767. The average molecular weight is 193 g/mol. The molecule has 2 rings (SSSR count). The minimum Gasteiger partial charge on any atom is -0.327 e. The summed E-state index contributed by atoms with van der Waals surface area (Å²) >= 11 is 1.91. The third-order valence-electron chi connectivity index (χ3n) is 2.53. The van der Waals surface area contributed by atoms with E-state index in [1.165, 1.54) is 31.2 Å². The molecular formula is C11H15NS.